The fraction of sp³-hybridized carbons (Fsp3) is 0.583. The van der Waals surface area contributed by atoms with Gasteiger partial charge in [0.1, 0.15) is 6.04 Å². The predicted molar refractivity (Wildman–Crippen MR) is 73.5 cm³/mol. The maximum absolute atomic E-state index is 12.2. The Hall–Kier alpha value is -1.54. The molecule has 0 radical (unpaired) electrons. The van der Waals surface area contributed by atoms with Gasteiger partial charge in [-0.1, -0.05) is 0 Å². The van der Waals surface area contributed by atoms with Crippen LogP contribution in [0.1, 0.15) is 11.4 Å². The molecular formula is C12H17N3O4S. The average Bonchev–Trinajstić information content (AvgIpc) is 2.89. The number of aliphatic carboxylic acids is 1. The SMILES string of the molecule is COCCSCC(=O)N1Cc2[nH]cnc2CC1C(=O)O. The number of hydrogen-bond donors (Lipinski definition) is 2. The highest BCUT2D eigenvalue weighted by molar-refractivity contribution is 7.99. The van der Waals surface area contributed by atoms with Crippen molar-refractivity contribution in [1.82, 2.24) is 14.9 Å². The summed E-state index contributed by atoms with van der Waals surface area (Å²) in [6, 6.07) is -0.832. The molecule has 2 heterocycles. The monoisotopic (exact) mass is 299 g/mol. The number of nitrogens with one attached hydrogen (secondary N) is 1. The summed E-state index contributed by atoms with van der Waals surface area (Å²) >= 11 is 1.44. The number of carboxylic acids is 1. The van der Waals surface area contributed by atoms with Crippen LogP contribution in [0.3, 0.4) is 0 Å². The summed E-state index contributed by atoms with van der Waals surface area (Å²) in [4.78, 5) is 31.9. The maximum Gasteiger partial charge on any atom is 0.326 e. The lowest BCUT2D eigenvalue weighted by molar-refractivity contribution is -0.150. The van der Waals surface area contributed by atoms with Crippen LogP contribution in [0.5, 0.6) is 0 Å². The van der Waals surface area contributed by atoms with Crippen molar-refractivity contribution in [3.8, 4) is 0 Å². The van der Waals surface area contributed by atoms with Crippen molar-refractivity contribution in [2.45, 2.75) is 19.0 Å². The molecule has 0 fully saturated rings. The molecule has 1 aromatic heterocycles. The zero-order valence-electron chi connectivity index (χ0n) is 11.2. The molecule has 0 aromatic carbocycles. The number of methoxy groups -OCH3 is 1. The number of fused-ring (bicyclic) bond motifs is 1. The fourth-order valence-corrected chi connectivity index (χ4v) is 2.87. The largest absolute Gasteiger partial charge is 0.480 e. The molecule has 1 aliphatic heterocycles. The van der Waals surface area contributed by atoms with Crippen molar-refractivity contribution in [3.05, 3.63) is 17.7 Å². The smallest absolute Gasteiger partial charge is 0.326 e. The van der Waals surface area contributed by atoms with Gasteiger partial charge >= 0.3 is 5.97 Å². The van der Waals surface area contributed by atoms with Crippen molar-refractivity contribution < 1.29 is 19.4 Å². The molecule has 1 aromatic rings. The van der Waals surface area contributed by atoms with Crippen LogP contribution in [0.4, 0.5) is 0 Å². The van der Waals surface area contributed by atoms with Gasteiger partial charge in [-0.25, -0.2) is 9.78 Å². The first-order valence-corrected chi connectivity index (χ1v) is 7.39. The number of imidazole rings is 1. The van der Waals surface area contributed by atoms with E-state index in [9.17, 15) is 14.7 Å². The summed E-state index contributed by atoms with van der Waals surface area (Å²) in [6.45, 7) is 0.848. The molecule has 1 atom stereocenters. The van der Waals surface area contributed by atoms with Gasteiger partial charge in [-0.2, -0.15) is 0 Å². The number of aromatic amines is 1. The van der Waals surface area contributed by atoms with Crippen LogP contribution < -0.4 is 0 Å². The zero-order valence-corrected chi connectivity index (χ0v) is 12.0. The second kappa shape index (κ2) is 6.76. The summed E-state index contributed by atoms with van der Waals surface area (Å²) in [5.41, 5.74) is 1.55. The van der Waals surface area contributed by atoms with Crippen molar-refractivity contribution in [2.24, 2.45) is 0 Å². The molecule has 0 saturated heterocycles. The molecule has 1 unspecified atom stereocenters. The third kappa shape index (κ3) is 3.31. The number of rotatable bonds is 6. The van der Waals surface area contributed by atoms with Crippen LogP contribution in [0, 0.1) is 0 Å². The second-order valence-electron chi connectivity index (χ2n) is 4.45. The van der Waals surface area contributed by atoms with E-state index >= 15 is 0 Å². The van der Waals surface area contributed by atoms with E-state index in [1.807, 2.05) is 0 Å². The third-order valence-electron chi connectivity index (χ3n) is 3.16. The molecule has 8 heteroatoms. The molecule has 1 aliphatic rings. The van der Waals surface area contributed by atoms with E-state index in [1.165, 1.54) is 23.0 Å². The van der Waals surface area contributed by atoms with E-state index in [0.29, 0.717) is 12.4 Å². The van der Waals surface area contributed by atoms with Crippen LogP contribution in [0.2, 0.25) is 0 Å². The molecule has 0 spiro atoms. The molecule has 0 saturated carbocycles. The van der Waals surface area contributed by atoms with Gasteiger partial charge in [0.05, 0.1) is 36.6 Å². The lowest BCUT2D eigenvalue weighted by atomic mass is 10.0. The van der Waals surface area contributed by atoms with Gasteiger partial charge in [0.15, 0.2) is 0 Å². The Bertz CT molecular complexity index is 491. The van der Waals surface area contributed by atoms with Gasteiger partial charge in [-0.15, -0.1) is 11.8 Å². The van der Waals surface area contributed by atoms with Crippen LogP contribution in [-0.4, -0.2) is 63.1 Å². The first-order chi connectivity index (χ1) is 9.63. The highest BCUT2D eigenvalue weighted by Crippen LogP contribution is 2.21. The van der Waals surface area contributed by atoms with E-state index in [-0.39, 0.29) is 24.6 Å². The quantitative estimate of drug-likeness (QED) is 0.725. The van der Waals surface area contributed by atoms with Crippen molar-refractivity contribution in [2.75, 3.05) is 25.2 Å². The first-order valence-electron chi connectivity index (χ1n) is 6.23. The first kappa shape index (κ1) is 14.9. The van der Waals surface area contributed by atoms with Gasteiger partial charge in [-0.05, 0) is 0 Å². The summed E-state index contributed by atoms with van der Waals surface area (Å²) in [7, 11) is 1.60. The average molecular weight is 299 g/mol. The molecule has 7 nitrogen and oxygen atoms in total. The number of thioether (sulfide) groups is 1. The molecule has 2 N–H and O–H groups in total. The Morgan fingerprint density at radius 2 is 2.45 bits per heavy atom. The Morgan fingerprint density at radius 3 is 3.15 bits per heavy atom. The fourth-order valence-electron chi connectivity index (χ4n) is 2.10. The van der Waals surface area contributed by atoms with E-state index in [0.717, 1.165) is 11.4 Å². The minimum Gasteiger partial charge on any atom is -0.480 e. The predicted octanol–water partition coefficient (Wildman–Crippen LogP) is 0.127. The third-order valence-corrected chi connectivity index (χ3v) is 4.07. The number of nitrogens with zero attached hydrogens (tertiary/aromatic N) is 2. The normalized spacial score (nSPS) is 17.9. The number of hydrogen-bond acceptors (Lipinski definition) is 5. The molecule has 20 heavy (non-hydrogen) atoms. The number of amides is 1. The van der Waals surface area contributed by atoms with Crippen molar-refractivity contribution >= 4 is 23.6 Å². The number of carbonyl (C=O) groups is 2. The summed E-state index contributed by atoms with van der Waals surface area (Å²) in [5.74, 6) is -0.188. The Labute approximate surface area is 120 Å². The number of H-pyrrole nitrogens is 1. The standard InChI is InChI=1S/C12H17N3O4S/c1-19-2-3-20-6-11(16)15-5-9-8(13-7-14-9)4-10(15)12(17)18/h7,10H,2-6H2,1H3,(H,13,14)(H,17,18). The number of carbonyl (C=O) groups excluding carboxylic acids is 1. The zero-order chi connectivity index (χ0) is 14.5. The Kier molecular flexibility index (Phi) is 5.02. The topological polar surface area (TPSA) is 95.5 Å². The van der Waals surface area contributed by atoms with Crippen LogP contribution in [0.25, 0.3) is 0 Å². The molecule has 1 amide bonds. The van der Waals surface area contributed by atoms with Gasteiger partial charge < -0.3 is 19.7 Å². The number of ether oxygens (including phenoxy) is 1. The van der Waals surface area contributed by atoms with Crippen LogP contribution in [0.15, 0.2) is 6.33 Å². The van der Waals surface area contributed by atoms with E-state index in [1.54, 1.807) is 7.11 Å². The minimum absolute atomic E-state index is 0.168. The highest BCUT2D eigenvalue weighted by Gasteiger charge is 2.35. The number of aromatic nitrogens is 2. The molecule has 0 aliphatic carbocycles. The Balaban J connectivity index is 2.01. The van der Waals surface area contributed by atoms with Crippen LogP contribution in [-0.2, 0) is 27.3 Å². The lowest BCUT2D eigenvalue weighted by Crippen LogP contribution is -2.49. The van der Waals surface area contributed by atoms with Gasteiger partial charge in [0, 0.05) is 19.3 Å². The van der Waals surface area contributed by atoms with Crippen molar-refractivity contribution in [3.63, 3.8) is 0 Å². The highest BCUT2D eigenvalue weighted by atomic mass is 32.2. The number of carboxylic acid groups (broad SMARTS) is 1. The van der Waals surface area contributed by atoms with E-state index in [2.05, 4.69) is 9.97 Å². The minimum atomic E-state index is -0.992. The lowest BCUT2D eigenvalue weighted by Gasteiger charge is -2.32. The van der Waals surface area contributed by atoms with Crippen LogP contribution >= 0.6 is 11.8 Å². The van der Waals surface area contributed by atoms with Crippen molar-refractivity contribution in [1.29, 1.82) is 0 Å². The maximum atomic E-state index is 12.2. The molecular weight excluding hydrogens is 282 g/mol. The van der Waals surface area contributed by atoms with E-state index in [4.69, 9.17) is 4.74 Å². The van der Waals surface area contributed by atoms with Gasteiger partial charge in [0.2, 0.25) is 5.91 Å². The molecule has 110 valence electrons. The molecule has 2 rings (SSSR count). The Morgan fingerprint density at radius 1 is 1.65 bits per heavy atom. The summed E-state index contributed by atoms with van der Waals surface area (Å²) < 4.78 is 4.91. The van der Waals surface area contributed by atoms with Gasteiger partial charge in [0.25, 0.3) is 0 Å². The van der Waals surface area contributed by atoms with Gasteiger partial charge in [-0.3, -0.25) is 4.79 Å². The summed E-state index contributed by atoms with van der Waals surface area (Å²) in [6.07, 6.45) is 1.79. The summed E-state index contributed by atoms with van der Waals surface area (Å²) in [5, 5.41) is 9.27. The molecule has 0 bridgehead atoms. The van der Waals surface area contributed by atoms with E-state index < -0.39 is 12.0 Å². The second-order valence-corrected chi connectivity index (χ2v) is 5.56.